The van der Waals surface area contributed by atoms with Gasteiger partial charge < -0.3 is 15.1 Å². The number of carbonyl (C=O) groups is 1. The largest absolute Gasteiger partial charge is 0.465 e. The van der Waals surface area contributed by atoms with Crippen LogP contribution in [0.2, 0.25) is 0 Å². The number of aryl methyl sites for hydroxylation is 1. The summed E-state index contributed by atoms with van der Waals surface area (Å²) in [6.07, 6.45) is -0.662. The number of nitro benzene ring substituents is 1. The van der Waals surface area contributed by atoms with Crippen molar-refractivity contribution in [1.29, 1.82) is 0 Å². The van der Waals surface area contributed by atoms with Gasteiger partial charge in [0.05, 0.1) is 33.3 Å². The Morgan fingerprint density at radius 1 is 1.46 bits per heavy atom. The number of nitrogens with zero attached hydrogens (tertiary/aromatic N) is 4. The predicted molar refractivity (Wildman–Crippen MR) is 107 cm³/mol. The quantitative estimate of drug-likeness (QED) is 0.588. The fourth-order valence-electron chi connectivity index (χ4n) is 4.03. The molecular formula is C18H24N4O5S. The molecule has 3 rings (SSSR count). The van der Waals surface area contributed by atoms with E-state index in [1.54, 1.807) is 11.0 Å². The zero-order chi connectivity index (χ0) is 20.8. The van der Waals surface area contributed by atoms with E-state index in [0.717, 1.165) is 9.71 Å². The minimum atomic E-state index is -1.05. The highest BCUT2D eigenvalue weighted by Crippen LogP contribution is 2.42. The topological polar surface area (TPSA) is 120 Å². The number of amides is 1. The van der Waals surface area contributed by atoms with Gasteiger partial charge in [0.15, 0.2) is 0 Å². The maximum atomic E-state index is 11.9. The van der Waals surface area contributed by atoms with Crippen molar-refractivity contribution in [3.8, 4) is 0 Å². The van der Waals surface area contributed by atoms with E-state index in [-0.39, 0.29) is 18.8 Å². The van der Waals surface area contributed by atoms with Crippen molar-refractivity contribution in [3.05, 3.63) is 27.3 Å². The molecule has 1 aromatic carbocycles. The minimum Gasteiger partial charge on any atom is -0.465 e. The fraction of sp³-hybridized carbons (Fsp3) is 0.556. The summed E-state index contributed by atoms with van der Waals surface area (Å²) in [5, 5.41) is 32.2. The summed E-state index contributed by atoms with van der Waals surface area (Å²) >= 11 is 1.44. The van der Waals surface area contributed by atoms with E-state index >= 15 is 0 Å². The van der Waals surface area contributed by atoms with Crippen molar-refractivity contribution >= 4 is 39.0 Å². The van der Waals surface area contributed by atoms with Crippen LogP contribution in [0.25, 0.3) is 10.2 Å². The van der Waals surface area contributed by atoms with E-state index in [2.05, 4.69) is 4.98 Å². The summed E-state index contributed by atoms with van der Waals surface area (Å²) in [6.45, 7) is 7.29. The van der Waals surface area contributed by atoms with Crippen molar-refractivity contribution in [3.63, 3.8) is 0 Å². The molecule has 0 aliphatic carbocycles. The highest BCUT2D eigenvalue weighted by molar-refractivity contribution is 7.18. The number of thiazole rings is 1. The van der Waals surface area contributed by atoms with Crippen LogP contribution in [0.3, 0.4) is 0 Å². The van der Waals surface area contributed by atoms with Gasteiger partial charge in [0.25, 0.3) is 5.69 Å². The maximum absolute atomic E-state index is 11.9. The minimum absolute atomic E-state index is 0.0884. The standard InChI is InChI=1S/C18H24N4O5S/c1-10-19-15-14(28-10)6-5-13(22(26)27)16(15)20-8-11(7-12(20)9-23)21(17(24)25)18(2,3)4/h5-6,11-12,23H,7-9H2,1-4H3,(H,24,25)/t11-,12+/m1/s1. The fourth-order valence-corrected chi connectivity index (χ4v) is 4.86. The number of rotatable bonds is 4. The van der Waals surface area contributed by atoms with E-state index in [9.17, 15) is 25.1 Å². The third kappa shape index (κ3) is 3.49. The molecular weight excluding hydrogens is 384 g/mol. The molecule has 0 unspecified atom stereocenters. The molecule has 1 saturated heterocycles. The van der Waals surface area contributed by atoms with Crippen molar-refractivity contribution in [2.45, 2.75) is 51.7 Å². The number of hydrogen-bond acceptors (Lipinski definition) is 7. The van der Waals surface area contributed by atoms with Gasteiger partial charge >= 0.3 is 6.09 Å². The van der Waals surface area contributed by atoms with Gasteiger partial charge in [-0.05, 0) is 40.2 Å². The molecule has 152 valence electrons. The Balaban J connectivity index is 2.11. The average Bonchev–Trinajstić information content (AvgIpc) is 3.14. The number of nitro groups is 1. The van der Waals surface area contributed by atoms with E-state index in [1.807, 2.05) is 27.7 Å². The lowest BCUT2D eigenvalue weighted by Gasteiger charge is -2.37. The summed E-state index contributed by atoms with van der Waals surface area (Å²) < 4.78 is 0.823. The second kappa shape index (κ2) is 7.17. The monoisotopic (exact) mass is 408 g/mol. The van der Waals surface area contributed by atoms with E-state index in [0.29, 0.717) is 17.6 Å². The lowest BCUT2D eigenvalue weighted by atomic mass is 10.0. The summed E-state index contributed by atoms with van der Waals surface area (Å²) in [5.41, 5.74) is 0.150. The lowest BCUT2D eigenvalue weighted by molar-refractivity contribution is -0.384. The van der Waals surface area contributed by atoms with Crippen molar-refractivity contribution in [1.82, 2.24) is 9.88 Å². The third-order valence-corrected chi connectivity index (χ3v) is 5.94. The molecule has 1 aromatic heterocycles. The summed E-state index contributed by atoms with van der Waals surface area (Å²) in [7, 11) is 0. The van der Waals surface area contributed by atoms with Gasteiger partial charge in [-0.1, -0.05) is 0 Å². The summed E-state index contributed by atoms with van der Waals surface area (Å²) in [4.78, 5) is 30.7. The SMILES string of the molecule is Cc1nc2c(N3C[C@H](N(C(=O)O)C(C)(C)C)C[C@H]3CO)c([N+](=O)[O-])ccc2s1. The van der Waals surface area contributed by atoms with Crippen LogP contribution in [-0.2, 0) is 0 Å². The Kier molecular flexibility index (Phi) is 5.20. The van der Waals surface area contributed by atoms with Crippen molar-refractivity contribution in [2.75, 3.05) is 18.1 Å². The number of aromatic nitrogens is 1. The van der Waals surface area contributed by atoms with Crippen molar-refractivity contribution < 1.29 is 19.9 Å². The summed E-state index contributed by atoms with van der Waals surface area (Å²) in [6, 6.07) is 2.31. The molecule has 1 aliphatic rings. The molecule has 0 spiro atoms. The Hall–Kier alpha value is -2.46. The van der Waals surface area contributed by atoms with Crippen LogP contribution >= 0.6 is 11.3 Å². The first kappa shape index (κ1) is 20.3. The number of carboxylic acid groups (broad SMARTS) is 1. The number of benzene rings is 1. The van der Waals surface area contributed by atoms with Gasteiger partial charge in [0, 0.05) is 18.2 Å². The number of aliphatic hydroxyl groups excluding tert-OH is 1. The molecule has 2 N–H and O–H groups in total. The van der Waals surface area contributed by atoms with Crippen LogP contribution in [0.5, 0.6) is 0 Å². The highest BCUT2D eigenvalue weighted by Gasteiger charge is 2.43. The van der Waals surface area contributed by atoms with Crippen LogP contribution in [-0.4, -0.2) is 61.9 Å². The van der Waals surface area contributed by atoms with Gasteiger partial charge in [0.2, 0.25) is 0 Å². The van der Waals surface area contributed by atoms with E-state index < -0.39 is 28.6 Å². The van der Waals surface area contributed by atoms with E-state index in [1.165, 1.54) is 22.3 Å². The zero-order valence-electron chi connectivity index (χ0n) is 16.2. The molecule has 10 heteroatoms. The molecule has 0 radical (unpaired) electrons. The second-order valence-electron chi connectivity index (χ2n) is 7.97. The summed E-state index contributed by atoms with van der Waals surface area (Å²) in [5.74, 6) is 0. The Labute approximate surface area is 166 Å². The first-order chi connectivity index (χ1) is 13.0. The van der Waals surface area contributed by atoms with Gasteiger partial charge in [-0.25, -0.2) is 9.78 Å². The molecule has 2 heterocycles. The molecule has 1 fully saturated rings. The average molecular weight is 408 g/mol. The molecule has 2 aromatic rings. The zero-order valence-corrected chi connectivity index (χ0v) is 17.1. The normalized spacial score (nSPS) is 20.0. The maximum Gasteiger partial charge on any atom is 0.408 e. The Bertz CT molecular complexity index is 923. The molecule has 1 amide bonds. The first-order valence-corrected chi connectivity index (χ1v) is 9.80. The van der Waals surface area contributed by atoms with Crippen LogP contribution in [0, 0.1) is 17.0 Å². The number of hydrogen-bond donors (Lipinski definition) is 2. The molecule has 0 bridgehead atoms. The number of fused-ring (bicyclic) bond motifs is 1. The van der Waals surface area contributed by atoms with Crippen LogP contribution < -0.4 is 4.90 Å². The number of anilines is 1. The lowest BCUT2D eigenvalue weighted by Crippen LogP contribution is -2.52. The van der Waals surface area contributed by atoms with Crippen LogP contribution in [0.1, 0.15) is 32.2 Å². The smallest absolute Gasteiger partial charge is 0.408 e. The third-order valence-electron chi connectivity index (χ3n) is 5.00. The second-order valence-corrected chi connectivity index (χ2v) is 9.21. The van der Waals surface area contributed by atoms with E-state index in [4.69, 9.17) is 0 Å². The van der Waals surface area contributed by atoms with Gasteiger partial charge in [0.1, 0.15) is 11.2 Å². The van der Waals surface area contributed by atoms with Gasteiger partial charge in [-0.2, -0.15) is 0 Å². The molecule has 0 saturated carbocycles. The predicted octanol–water partition coefficient (Wildman–Crippen LogP) is 3.23. The first-order valence-electron chi connectivity index (χ1n) is 8.99. The molecule has 9 nitrogen and oxygen atoms in total. The molecule has 28 heavy (non-hydrogen) atoms. The highest BCUT2D eigenvalue weighted by atomic mass is 32.1. The number of aliphatic hydroxyl groups is 1. The van der Waals surface area contributed by atoms with Gasteiger partial charge in [-0.3, -0.25) is 15.0 Å². The molecule has 2 atom stereocenters. The van der Waals surface area contributed by atoms with Crippen LogP contribution in [0.15, 0.2) is 12.1 Å². The Morgan fingerprint density at radius 2 is 2.14 bits per heavy atom. The van der Waals surface area contributed by atoms with Gasteiger partial charge in [-0.15, -0.1) is 11.3 Å². The molecule has 1 aliphatic heterocycles. The van der Waals surface area contributed by atoms with Crippen molar-refractivity contribution in [2.24, 2.45) is 0 Å². The van der Waals surface area contributed by atoms with Crippen LogP contribution in [0.4, 0.5) is 16.2 Å². The Morgan fingerprint density at radius 3 is 2.68 bits per heavy atom.